The maximum atomic E-state index is 2.33. The minimum atomic E-state index is 1.04. The van der Waals surface area contributed by atoms with Gasteiger partial charge in [-0.15, -0.1) is 0 Å². The molecule has 0 radical (unpaired) electrons. The summed E-state index contributed by atoms with van der Waals surface area (Å²) in [6, 6.07) is 0. The zero-order chi connectivity index (χ0) is 27.6. The van der Waals surface area contributed by atoms with Crippen molar-refractivity contribution in [2.75, 3.05) is 0 Å². The Balaban J connectivity index is 3.72. The van der Waals surface area contributed by atoms with E-state index in [0.717, 1.165) is 5.92 Å². The van der Waals surface area contributed by atoms with Gasteiger partial charge in [-0.05, 0) is 5.92 Å². The van der Waals surface area contributed by atoms with Crippen molar-refractivity contribution in [1.82, 2.24) is 0 Å². The van der Waals surface area contributed by atoms with Crippen molar-refractivity contribution >= 4 is 0 Å². The molecule has 38 heavy (non-hydrogen) atoms. The predicted octanol–water partition coefficient (Wildman–Crippen LogP) is 14.9. The summed E-state index contributed by atoms with van der Waals surface area (Å²) in [5.41, 5.74) is 0. The summed E-state index contributed by atoms with van der Waals surface area (Å²) in [5.74, 6) is 1.04. The quantitative estimate of drug-likeness (QED) is 0.0720. The van der Waals surface area contributed by atoms with Crippen LogP contribution in [0.2, 0.25) is 0 Å². The van der Waals surface area contributed by atoms with Gasteiger partial charge in [0.05, 0.1) is 0 Å². The van der Waals surface area contributed by atoms with Crippen LogP contribution in [-0.2, 0) is 0 Å². The monoisotopic (exact) mass is 535 g/mol. The van der Waals surface area contributed by atoms with Crippen molar-refractivity contribution in [1.29, 1.82) is 0 Å². The molecule has 0 saturated heterocycles. The molecule has 0 saturated carbocycles. The number of rotatable bonds is 34. The SMILES string of the molecule is CCCCCCCCCCCCCCCCCCC(CCCCCCCCC)CCCCCCCCCC. The molecule has 0 fully saturated rings. The van der Waals surface area contributed by atoms with Crippen LogP contribution >= 0.6 is 0 Å². The van der Waals surface area contributed by atoms with E-state index < -0.39 is 0 Å². The molecular formula is C38H78. The van der Waals surface area contributed by atoms with E-state index in [2.05, 4.69) is 20.8 Å². The number of unbranched alkanes of at least 4 members (excludes halogenated alkanes) is 28. The molecule has 0 amide bonds. The second-order valence-electron chi connectivity index (χ2n) is 13.1. The normalized spacial score (nSPS) is 12.4. The maximum Gasteiger partial charge on any atom is -0.0414 e. The number of hydrogen-bond donors (Lipinski definition) is 0. The Morgan fingerprint density at radius 2 is 0.368 bits per heavy atom. The van der Waals surface area contributed by atoms with Gasteiger partial charge in [0.25, 0.3) is 0 Å². The lowest BCUT2D eigenvalue weighted by molar-refractivity contribution is 0.365. The Morgan fingerprint density at radius 3 is 0.553 bits per heavy atom. The molecule has 1 unspecified atom stereocenters. The summed E-state index contributed by atoms with van der Waals surface area (Å²) < 4.78 is 0. The van der Waals surface area contributed by atoms with E-state index in [1.54, 1.807) is 0 Å². The molecule has 1 atom stereocenters. The third-order valence-electron chi connectivity index (χ3n) is 9.15. The molecule has 0 heterocycles. The molecule has 0 spiro atoms. The van der Waals surface area contributed by atoms with Gasteiger partial charge in [-0.1, -0.05) is 239 Å². The van der Waals surface area contributed by atoms with Gasteiger partial charge >= 0.3 is 0 Å². The highest BCUT2D eigenvalue weighted by atomic mass is 14.1. The zero-order valence-corrected chi connectivity index (χ0v) is 27.6. The van der Waals surface area contributed by atoms with Gasteiger partial charge in [0.15, 0.2) is 0 Å². The third-order valence-corrected chi connectivity index (χ3v) is 9.15. The fourth-order valence-electron chi connectivity index (χ4n) is 6.37. The van der Waals surface area contributed by atoms with E-state index in [0.29, 0.717) is 0 Å². The van der Waals surface area contributed by atoms with E-state index in [9.17, 15) is 0 Å². The third kappa shape index (κ3) is 32.2. The smallest absolute Gasteiger partial charge is 0.0414 e. The van der Waals surface area contributed by atoms with Crippen LogP contribution in [0.25, 0.3) is 0 Å². The molecule has 0 aliphatic rings. The van der Waals surface area contributed by atoms with Gasteiger partial charge in [0.2, 0.25) is 0 Å². The summed E-state index contributed by atoms with van der Waals surface area (Å²) >= 11 is 0. The van der Waals surface area contributed by atoms with Gasteiger partial charge in [-0.3, -0.25) is 0 Å². The largest absolute Gasteiger partial charge is 0.0654 e. The van der Waals surface area contributed by atoms with Crippen LogP contribution in [0.15, 0.2) is 0 Å². The summed E-state index contributed by atoms with van der Waals surface area (Å²) in [6.07, 6.45) is 50.3. The minimum absolute atomic E-state index is 1.04. The second kappa shape index (κ2) is 35.0. The maximum absolute atomic E-state index is 2.33. The lowest BCUT2D eigenvalue weighted by Gasteiger charge is -2.17. The van der Waals surface area contributed by atoms with E-state index >= 15 is 0 Å². The van der Waals surface area contributed by atoms with E-state index in [4.69, 9.17) is 0 Å². The molecule has 0 aromatic rings. The van der Waals surface area contributed by atoms with Crippen LogP contribution in [0, 0.1) is 5.92 Å². The van der Waals surface area contributed by atoms with Crippen molar-refractivity contribution in [3.63, 3.8) is 0 Å². The van der Waals surface area contributed by atoms with Crippen LogP contribution in [0.3, 0.4) is 0 Å². The van der Waals surface area contributed by atoms with Gasteiger partial charge in [-0.2, -0.15) is 0 Å². The highest BCUT2D eigenvalue weighted by molar-refractivity contribution is 4.62. The van der Waals surface area contributed by atoms with Crippen LogP contribution in [0.5, 0.6) is 0 Å². The first kappa shape index (κ1) is 38.0. The molecule has 0 nitrogen and oxygen atoms in total. The molecule has 0 bridgehead atoms. The lowest BCUT2D eigenvalue weighted by atomic mass is 9.89. The summed E-state index contributed by atoms with van der Waals surface area (Å²) in [7, 11) is 0. The molecule has 0 heteroatoms. The van der Waals surface area contributed by atoms with Crippen LogP contribution < -0.4 is 0 Å². The second-order valence-corrected chi connectivity index (χ2v) is 13.1. The Hall–Kier alpha value is 0. The fourth-order valence-corrected chi connectivity index (χ4v) is 6.37. The standard InChI is InChI=1S/C38H78/c1-4-7-10-13-16-18-19-20-21-22-23-24-25-28-31-34-37-38(35-32-29-26-15-12-9-6-3)36-33-30-27-17-14-11-8-5-2/h38H,4-37H2,1-3H3. The summed E-state index contributed by atoms with van der Waals surface area (Å²) in [6.45, 7) is 6.96. The van der Waals surface area contributed by atoms with Crippen molar-refractivity contribution in [3.05, 3.63) is 0 Å². The van der Waals surface area contributed by atoms with Gasteiger partial charge < -0.3 is 0 Å². The highest BCUT2D eigenvalue weighted by Crippen LogP contribution is 2.25. The number of hydrogen-bond acceptors (Lipinski definition) is 0. The Kier molecular flexibility index (Phi) is 35.0. The first-order chi connectivity index (χ1) is 18.8. The molecule has 0 aliphatic heterocycles. The van der Waals surface area contributed by atoms with Crippen molar-refractivity contribution in [3.8, 4) is 0 Å². The molecule has 0 N–H and O–H groups in total. The molecule has 0 aromatic carbocycles. The van der Waals surface area contributed by atoms with Gasteiger partial charge in [-0.25, -0.2) is 0 Å². The topological polar surface area (TPSA) is 0 Å². The molecular weight excluding hydrogens is 456 g/mol. The Morgan fingerprint density at radius 1 is 0.211 bits per heavy atom. The molecule has 0 rings (SSSR count). The summed E-state index contributed by atoms with van der Waals surface area (Å²) in [5, 5.41) is 0. The minimum Gasteiger partial charge on any atom is -0.0654 e. The molecule has 0 aliphatic carbocycles. The average Bonchev–Trinajstić information content (AvgIpc) is 2.93. The van der Waals surface area contributed by atoms with Crippen LogP contribution in [-0.4, -0.2) is 0 Å². The first-order valence-electron chi connectivity index (χ1n) is 18.8. The summed E-state index contributed by atoms with van der Waals surface area (Å²) in [4.78, 5) is 0. The van der Waals surface area contributed by atoms with Crippen molar-refractivity contribution < 1.29 is 0 Å². The van der Waals surface area contributed by atoms with Crippen molar-refractivity contribution in [2.24, 2.45) is 5.92 Å². The average molecular weight is 535 g/mol. The fraction of sp³-hybridized carbons (Fsp3) is 1.00. The zero-order valence-electron chi connectivity index (χ0n) is 27.6. The Labute approximate surface area is 244 Å². The van der Waals surface area contributed by atoms with Gasteiger partial charge in [0, 0.05) is 0 Å². The predicted molar refractivity (Wildman–Crippen MR) is 177 cm³/mol. The molecule has 0 aromatic heterocycles. The Bertz CT molecular complexity index is 385. The highest BCUT2D eigenvalue weighted by Gasteiger charge is 2.09. The van der Waals surface area contributed by atoms with E-state index in [-0.39, 0.29) is 0 Å². The van der Waals surface area contributed by atoms with Gasteiger partial charge in [0.1, 0.15) is 0 Å². The molecule has 230 valence electrons. The van der Waals surface area contributed by atoms with E-state index in [1.165, 1.54) is 218 Å². The van der Waals surface area contributed by atoms with Crippen LogP contribution in [0.1, 0.15) is 239 Å². The van der Waals surface area contributed by atoms with E-state index in [1.807, 2.05) is 0 Å². The first-order valence-corrected chi connectivity index (χ1v) is 18.8. The lowest BCUT2D eigenvalue weighted by Crippen LogP contribution is -2.01. The van der Waals surface area contributed by atoms with Crippen LogP contribution in [0.4, 0.5) is 0 Å². The van der Waals surface area contributed by atoms with Crippen molar-refractivity contribution in [2.45, 2.75) is 239 Å².